The van der Waals surface area contributed by atoms with Crippen LogP contribution in [0.25, 0.3) is 12.2 Å². The maximum atomic E-state index is 12.4. The SMILES string of the molecule is O=S(=O)([O-])CCNc1nc(NCCCO)nc(Nc2ccc(/C=C/c3ccc(Nc4nc(NCCCO)nc(NCCSOO[O-])n4)cc3S(=O)(=O)[O-])c(S(=O)(=O)[O-])c2)n1.[Na+].[Na+].[Na+].[Na+]. The summed E-state index contributed by atoms with van der Waals surface area (Å²) in [6.07, 6.45) is 2.87. The van der Waals surface area contributed by atoms with Gasteiger partial charge in [-0.2, -0.15) is 34.2 Å². The van der Waals surface area contributed by atoms with Crippen LogP contribution in [0.3, 0.4) is 0 Å². The summed E-state index contributed by atoms with van der Waals surface area (Å²) < 4.78 is 112. The molecule has 34 heteroatoms. The van der Waals surface area contributed by atoms with E-state index in [-0.39, 0.29) is 222 Å². The van der Waals surface area contributed by atoms with Crippen LogP contribution < -0.4 is 155 Å². The number of anilines is 8. The average Bonchev–Trinajstić information content (AvgIpc) is 3.16. The zero-order valence-corrected chi connectivity index (χ0v) is 46.1. The monoisotopic (exact) mass is 1010 g/mol. The Balaban J connectivity index is 0.00000992. The molecule has 8 N–H and O–H groups in total. The quantitative estimate of drug-likeness (QED) is 0.00551. The summed E-state index contributed by atoms with van der Waals surface area (Å²) >= 11 is 0.713. The minimum Gasteiger partial charge on any atom is -0.748 e. The zero-order valence-electron chi connectivity index (χ0n) is 34.8. The number of nitrogens with zero attached hydrogens (tertiary/aromatic N) is 6. The summed E-state index contributed by atoms with van der Waals surface area (Å²) in [6, 6.07) is 7.04. The molecule has 0 bridgehead atoms. The van der Waals surface area contributed by atoms with Crippen molar-refractivity contribution in [3.8, 4) is 0 Å². The van der Waals surface area contributed by atoms with E-state index in [1.165, 1.54) is 24.3 Å². The van der Waals surface area contributed by atoms with Gasteiger partial charge >= 0.3 is 118 Å². The second-order valence-corrected chi connectivity index (χ2v) is 16.7. The Kier molecular flexibility index (Phi) is 30.6. The van der Waals surface area contributed by atoms with Crippen molar-refractivity contribution in [2.75, 3.05) is 82.8 Å². The molecule has 0 aliphatic carbocycles. The average molecular weight is 1010 g/mol. The van der Waals surface area contributed by atoms with Gasteiger partial charge in [-0.3, -0.25) is 5.04 Å². The Morgan fingerprint density at radius 3 is 1.31 bits per heavy atom. The van der Waals surface area contributed by atoms with Gasteiger partial charge in [0.25, 0.3) is 0 Å². The molecule has 4 aromatic rings. The van der Waals surface area contributed by atoms with Crippen LogP contribution in [0, 0.1) is 0 Å². The standard InChI is InChI=1S/C30H40N12O14S4.4Na/c43-13-1-9-31-25-37-27(33-11-15-57-56-55-45)41-29(39-25)35-21-7-5-19(23(17-21)59(49,50)51)3-4-20-6-8-22(18-24(20)60(52,53)54)36-30-40-26(32-10-2-14-44)38-28(42-30)34-12-16-58(46,47)48;;;;/h3-8,17-18,43-45H,1-2,9-16H2,(H,46,47,48)(H,49,50,51)(H,52,53,54)(H3,31,33,35,37,39,41)(H3,32,34,36,38,40,42);;;;/q;4*+1/p-4/b4-3+;;;;. The number of aliphatic hydroxyl groups is 2. The maximum Gasteiger partial charge on any atom is 1.00 e. The summed E-state index contributed by atoms with van der Waals surface area (Å²) in [4.78, 5) is 23.4. The minimum atomic E-state index is -5.20. The molecule has 0 spiro atoms. The molecule has 2 heterocycles. The third kappa shape index (κ3) is 22.8. The summed E-state index contributed by atoms with van der Waals surface area (Å²) in [6.45, 7) is 0.0640. The van der Waals surface area contributed by atoms with Crippen molar-refractivity contribution in [2.45, 2.75) is 22.6 Å². The normalized spacial score (nSPS) is 11.3. The fraction of sp³-hybridized carbons (Fsp3) is 0.333. The van der Waals surface area contributed by atoms with Crippen LogP contribution in [0.15, 0.2) is 46.2 Å². The second-order valence-electron chi connectivity index (χ2n) is 11.7. The molecule has 328 valence electrons. The third-order valence-electron chi connectivity index (χ3n) is 7.21. The number of rotatable bonds is 26. The number of aromatic nitrogens is 6. The largest absolute Gasteiger partial charge is 1.00 e. The van der Waals surface area contributed by atoms with Crippen molar-refractivity contribution < 1.29 is 182 Å². The molecule has 64 heavy (non-hydrogen) atoms. The number of nitrogens with one attached hydrogen (secondary N) is 6. The van der Waals surface area contributed by atoms with Gasteiger partial charge in [-0.05, 0) is 48.2 Å². The van der Waals surface area contributed by atoms with Crippen LogP contribution in [-0.4, -0.2) is 130 Å². The van der Waals surface area contributed by atoms with Gasteiger partial charge in [0.05, 0.1) is 25.7 Å². The van der Waals surface area contributed by atoms with E-state index in [0.717, 1.165) is 24.3 Å². The molecule has 0 atom stereocenters. The van der Waals surface area contributed by atoms with Crippen LogP contribution in [0.1, 0.15) is 24.0 Å². The van der Waals surface area contributed by atoms with Crippen molar-refractivity contribution in [3.63, 3.8) is 0 Å². The number of hydrogen-bond donors (Lipinski definition) is 8. The molecule has 0 fully saturated rings. The van der Waals surface area contributed by atoms with E-state index in [1.807, 2.05) is 0 Å². The van der Waals surface area contributed by atoms with Gasteiger partial charge in [-0.15, -0.1) is 0 Å². The molecule has 0 amide bonds. The van der Waals surface area contributed by atoms with Crippen molar-refractivity contribution in [3.05, 3.63) is 47.5 Å². The van der Waals surface area contributed by atoms with E-state index < -0.39 is 45.9 Å². The summed E-state index contributed by atoms with van der Waals surface area (Å²) in [5.74, 6) is -0.983. The fourth-order valence-electron chi connectivity index (χ4n) is 4.65. The smallest absolute Gasteiger partial charge is 0.748 e. The van der Waals surface area contributed by atoms with E-state index in [0.29, 0.717) is 24.9 Å². The van der Waals surface area contributed by atoms with E-state index in [4.69, 9.17) is 10.2 Å². The van der Waals surface area contributed by atoms with Crippen molar-refractivity contribution in [1.29, 1.82) is 0 Å². The Labute approximate surface area is 460 Å². The van der Waals surface area contributed by atoms with Gasteiger partial charge in [0, 0.05) is 68.6 Å². The van der Waals surface area contributed by atoms with Gasteiger partial charge in [0.2, 0.25) is 35.7 Å². The first kappa shape index (κ1) is 62.9. The fourth-order valence-corrected chi connectivity index (χ4v) is 6.69. The number of hydrogen-bond acceptors (Lipinski definition) is 27. The Hall–Kier alpha value is -1.12. The van der Waals surface area contributed by atoms with Crippen LogP contribution in [0.4, 0.5) is 47.1 Å². The molecular weight excluding hydrogens is 973 g/mol. The second kappa shape index (κ2) is 31.1. The Morgan fingerprint density at radius 1 is 0.578 bits per heavy atom. The van der Waals surface area contributed by atoms with Crippen LogP contribution in [0.2, 0.25) is 0 Å². The molecule has 0 saturated carbocycles. The van der Waals surface area contributed by atoms with Gasteiger partial charge < -0.3 is 61.0 Å². The molecular formula is C30H36N12Na4O14S4. The predicted octanol–water partition coefficient (Wildman–Crippen LogP) is -12.6. The Bertz CT molecular complexity index is 2450. The number of benzene rings is 2. The first-order chi connectivity index (χ1) is 28.5. The van der Waals surface area contributed by atoms with Crippen molar-refractivity contribution in [2.24, 2.45) is 0 Å². The molecule has 0 aliphatic rings. The Morgan fingerprint density at radius 2 is 0.953 bits per heavy atom. The van der Waals surface area contributed by atoms with E-state index in [2.05, 4.69) is 71.2 Å². The summed E-state index contributed by atoms with van der Waals surface area (Å²) in [5.41, 5.74) is -0.374. The zero-order chi connectivity index (χ0) is 43.8. The van der Waals surface area contributed by atoms with E-state index in [1.54, 1.807) is 0 Å². The topological polar surface area (TPSA) is 403 Å². The molecule has 2 aromatic carbocycles. The van der Waals surface area contributed by atoms with Gasteiger partial charge in [0.15, 0.2) is 0 Å². The van der Waals surface area contributed by atoms with E-state index in [9.17, 15) is 44.2 Å². The van der Waals surface area contributed by atoms with Crippen LogP contribution in [0.5, 0.6) is 0 Å². The first-order valence-electron chi connectivity index (χ1n) is 17.1. The van der Waals surface area contributed by atoms with Gasteiger partial charge in [0.1, 0.15) is 20.2 Å². The molecule has 0 radical (unpaired) electrons. The van der Waals surface area contributed by atoms with Crippen LogP contribution in [-0.2, 0) is 39.7 Å². The van der Waals surface area contributed by atoms with Gasteiger partial charge in [-0.1, -0.05) is 24.3 Å². The minimum absolute atomic E-state index is 0. The van der Waals surface area contributed by atoms with Crippen LogP contribution >= 0.6 is 12.0 Å². The number of aliphatic hydroxyl groups excluding tert-OH is 2. The maximum absolute atomic E-state index is 12.4. The first-order valence-corrected chi connectivity index (χ1v) is 22.4. The third-order valence-corrected chi connectivity index (χ3v) is 10.2. The molecule has 0 unspecified atom stereocenters. The molecule has 2 aromatic heterocycles. The predicted molar refractivity (Wildman–Crippen MR) is 211 cm³/mol. The van der Waals surface area contributed by atoms with Crippen molar-refractivity contribution in [1.82, 2.24) is 29.9 Å². The van der Waals surface area contributed by atoms with E-state index >= 15 is 0 Å². The summed E-state index contributed by atoms with van der Waals surface area (Å²) in [7, 11) is -14.9. The molecule has 0 saturated heterocycles. The molecule has 4 rings (SSSR count). The van der Waals surface area contributed by atoms with Crippen molar-refractivity contribution >= 4 is 102 Å². The molecule has 26 nitrogen and oxygen atoms in total. The van der Waals surface area contributed by atoms with Gasteiger partial charge in [-0.25, -0.2) is 25.3 Å². The summed E-state index contributed by atoms with van der Waals surface area (Å²) in [5, 5.41) is 48.1. The molecule has 0 aliphatic heterocycles.